The molecule has 0 aliphatic rings. The molecule has 0 aliphatic carbocycles. The second-order valence-corrected chi connectivity index (χ2v) is 5.03. The molecule has 2 aromatic heterocycles. The van der Waals surface area contributed by atoms with Gasteiger partial charge in [-0.15, -0.1) is 0 Å². The third-order valence-corrected chi connectivity index (χ3v) is 3.68. The van der Waals surface area contributed by atoms with E-state index in [-0.39, 0.29) is 0 Å². The lowest BCUT2D eigenvalue weighted by Crippen LogP contribution is -1.94. The first kappa shape index (κ1) is 12.9. The molecule has 0 fully saturated rings. The van der Waals surface area contributed by atoms with Crippen LogP contribution in [0.25, 0.3) is 16.7 Å². The highest BCUT2D eigenvalue weighted by molar-refractivity contribution is 6.35. The van der Waals surface area contributed by atoms with E-state index in [9.17, 15) is 4.79 Å². The number of benzene rings is 1. The quantitative estimate of drug-likeness (QED) is 0.680. The van der Waals surface area contributed by atoms with Crippen LogP contribution in [0.15, 0.2) is 42.7 Å². The Bertz CT molecular complexity index is 775. The van der Waals surface area contributed by atoms with Gasteiger partial charge in [0.15, 0.2) is 6.29 Å². The number of hydrogen-bond acceptors (Lipinski definition) is 2. The van der Waals surface area contributed by atoms with Gasteiger partial charge in [-0.3, -0.25) is 9.36 Å². The van der Waals surface area contributed by atoms with Gasteiger partial charge in [0.2, 0.25) is 0 Å². The maximum Gasteiger partial charge on any atom is 0.151 e. The summed E-state index contributed by atoms with van der Waals surface area (Å²) in [6.45, 7) is 2.12. The molecule has 20 heavy (non-hydrogen) atoms. The third kappa shape index (κ3) is 2.10. The van der Waals surface area contributed by atoms with Gasteiger partial charge in [0, 0.05) is 29.0 Å². The van der Waals surface area contributed by atoms with Gasteiger partial charge in [0.05, 0.1) is 5.02 Å². The van der Waals surface area contributed by atoms with Crippen molar-refractivity contribution in [2.45, 2.75) is 13.3 Å². The van der Waals surface area contributed by atoms with Gasteiger partial charge in [-0.2, -0.15) is 0 Å². The fourth-order valence-electron chi connectivity index (χ4n) is 2.24. The first-order valence-corrected chi connectivity index (χ1v) is 6.82. The van der Waals surface area contributed by atoms with E-state index in [2.05, 4.69) is 24.0 Å². The van der Waals surface area contributed by atoms with Crippen molar-refractivity contribution in [3.05, 3.63) is 58.9 Å². The number of nitrogens with zero attached hydrogens (tertiary/aromatic N) is 2. The molecule has 2 heterocycles. The van der Waals surface area contributed by atoms with E-state index >= 15 is 0 Å². The van der Waals surface area contributed by atoms with E-state index in [1.165, 1.54) is 5.56 Å². The van der Waals surface area contributed by atoms with Crippen LogP contribution in [0.2, 0.25) is 5.02 Å². The summed E-state index contributed by atoms with van der Waals surface area (Å²) in [5, 5.41) is 1.38. The molecule has 3 rings (SSSR count). The summed E-state index contributed by atoms with van der Waals surface area (Å²) in [4.78, 5) is 15.2. The molecular weight excluding hydrogens is 272 g/mol. The first-order valence-electron chi connectivity index (χ1n) is 6.44. The Kier molecular flexibility index (Phi) is 3.28. The molecule has 0 saturated carbocycles. The Morgan fingerprint density at radius 3 is 2.70 bits per heavy atom. The van der Waals surface area contributed by atoms with Gasteiger partial charge in [-0.1, -0.05) is 30.7 Å². The average Bonchev–Trinajstić information content (AvgIpc) is 2.84. The number of carbonyl (C=O) groups is 1. The van der Waals surface area contributed by atoms with E-state index in [1.807, 2.05) is 22.9 Å². The lowest BCUT2D eigenvalue weighted by molar-refractivity contribution is 0.112. The van der Waals surface area contributed by atoms with Crippen molar-refractivity contribution in [3.63, 3.8) is 0 Å². The Morgan fingerprint density at radius 1 is 1.30 bits per heavy atom. The van der Waals surface area contributed by atoms with Crippen molar-refractivity contribution in [1.82, 2.24) is 9.55 Å². The minimum Gasteiger partial charge on any atom is -0.300 e. The highest BCUT2D eigenvalue weighted by Gasteiger charge is 2.10. The molecule has 0 atom stereocenters. The Balaban J connectivity index is 2.18. The number of pyridine rings is 1. The number of fused-ring (bicyclic) bond motifs is 1. The molecule has 0 saturated heterocycles. The highest BCUT2D eigenvalue weighted by Crippen LogP contribution is 2.27. The van der Waals surface area contributed by atoms with Crippen molar-refractivity contribution < 1.29 is 4.79 Å². The van der Waals surface area contributed by atoms with E-state index < -0.39 is 0 Å². The topological polar surface area (TPSA) is 34.9 Å². The van der Waals surface area contributed by atoms with E-state index in [1.54, 1.807) is 12.3 Å². The van der Waals surface area contributed by atoms with E-state index in [0.29, 0.717) is 10.6 Å². The second kappa shape index (κ2) is 5.10. The monoisotopic (exact) mass is 284 g/mol. The highest BCUT2D eigenvalue weighted by atomic mass is 35.5. The van der Waals surface area contributed by atoms with Crippen molar-refractivity contribution >= 4 is 28.9 Å². The van der Waals surface area contributed by atoms with Gasteiger partial charge in [-0.25, -0.2) is 4.98 Å². The summed E-state index contributed by atoms with van der Waals surface area (Å²) in [6, 6.07) is 10.0. The molecule has 0 amide bonds. The van der Waals surface area contributed by atoms with Crippen LogP contribution in [0.4, 0.5) is 0 Å². The molecule has 0 spiro atoms. The SMILES string of the molecule is CCc1ccc(-n2cc(Cl)c3cc(C=O)cnc32)cc1. The van der Waals surface area contributed by atoms with E-state index in [4.69, 9.17) is 11.6 Å². The summed E-state index contributed by atoms with van der Waals surface area (Å²) < 4.78 is 1.94. The van der Waals surface area contributed by atoms with Crippen LogP contribution in [0.1, 0.15) is 22.8 Å². The fourth-order valence-corrected chi connectivity index (χ4v) is 2.48. The molecule has 4 heteroatoms. The maximum absolute atomic E-state index is 10.8. The lowest BCUT2D eigenvalue weighted by Gasteiger charge is -2.05. The summed E-state index contributed by atoms with van der Waals surface area (Å²) in [6.07, 6.45) is 5.17. The average molecular weight is 285 g/mol. The third-order valence-electron chi connectivity index (χ3n) is 3.37. The van der Waals surface area contributed by atoms with Gasteiger partial charge in [0.25, 0.3) is 0 Å². The van der Waals surface area contributed by atoms with Gasteiger partial charge < -0.3 is 0 Å². The molecule has 100 valence electrons. The predicted octanol–water partition coefficient (Wildman–Crippen LogP) is 4.05. The first-order chi connectivity index (χ1) is 9.72. The summed E-state index contributed by atoms with van der Waals surface area (Å²) in [7, 11) is 0. The predicted molar refractivity (Wildman–Crippen MR) is 80.8 cm³/mol. The van der Waals surface area contributed by atoms with Crippen LogP contribution in [0.3, 0.4) is 0 Å². The maximum atomic E-state index is 10.8. The van der Waals surface area contributed by atoms with Crippen molar-refractivity contribution in [3.8, 4) is 5.69 Å². The fraction of sp³-hybridized carbons (Fsp3) is 0.125. The summed E-state index contributed by atoms with van der Waals surface area (Å²) in [5.41, 5.74) is 3.57. The molecule has 0 bridgehead atoms. The number of carbonyl (C=O) groups excluding carboxylic acids is 1. The molecule has 0 unspecified atom stereocenters. The van der Waals surface area contributed by atoms with Crippen molar-refractivity contribution in [2.75, 3.05) is 0 Å². The molecule has 0 N–H and O–H groups in total. The number of aldehydes is 1. The molecule has 3 aromatic rings. The molecule has 0 aliphatic heterocycles. The number of rotatable bonds is 3. The van der Waals surface area contributed by atoms with Gasteiger partial charge in [-0.05, 0) is 30.2 Å². The van der Waals surface area contributed by atoms with Crippen molar-refractivity contribution in [2.24, 2.45) is 0 Å². The minimum atomic E-state index is 0.526. The number of hydrogen-bond donors (Lipinski definition) is 0. The molecule has 0 radical (unpaired) electrons. The molecule has 1 aromatic carbocycles. The summed E-state index contributed by atoms with van der Waals surface area (Å²) in [5.74, 6) is 0. The number of aryl methyl sites for hydroxylation is 1. The lowest BCUT2D eigenvalue weighted by atomic mass is 10.1. The normalized spacial score (nSPS) is 10.9. The van der Waals surface area contributed by atoms with Crippen LogP contribution < -0.4 is 0 Å². The number of aromatic nitrogens is 2. The van der Waals surface area contributed by atoms with Crippen LogP contribution in [0, 0.1) is 0 Å². The van der Waals surface area contributed by atoms with Crippen LogP contribution >= 0.6 is 11.6 Å². The van der Waals surface area contributed by atoms with Gasteiger partial charge >= 0.3 is 0 Å². The van der Waals surface area contributed by atoms with E-state index in [0.717, 1.165) is 29.4 Å². The molecule has 3 nitrogen and oxygen atoms in total. The standard InChI is InChI=1S/C16H13ClN2O/c1-2-11-3-5-13(6-4-11)19-9-15(17)14-7-12(10-20)8-18-16(14)19/h3-10H,2H2,1H3. The summed E-state index contributed by atoms with van der Waals surface area (Å²) >= 11 is 6.24. The van der Waals surface area contributed by atoms with Crippen LogP contribution in [-0.2, 0) is 6.42 Å². The Labute approximate surface area is 121 Å². The number of halogens is 1. The molecular formula is C16H13ClN2O. The second-order valence-electron chi connectivity index (χ2n) is 4.62. The zero-order valence-corrected chi connectivity index (χ0v) is 11.8. The zero-order valence-electron chi connectivity index (χ0n) is 11.0. The smallest absolute Gasteiger partial charge is 0.151 e. The minimum absolute atomic E-state index is 0.526. The Hall–Kier alpha value is -2.13. The van der Waals surface area contributed by atoms with Crippen molar-refractivity contribution in [1.29, 1.82) is 0 Å². The largest absolute Gasteiger partial charge is 0.300 e. The zero-order chi connectivity index (χ0) is 14.1. The Morgan fingerprint density at radius 2 is 2.05 bits per heavy atom. The van der Waals surface area contributed by atoms with Crippen LogP contribution in [-0.4, -0.2) is 15.8 Å². The van der Waals surface area contributed by atoms with Crippen LogP contribution in [0.5, 0.6) is 0 Å². The van der Waals surface area contributed by atoms with Gasteiger partial charge in [0.1, 0.15) is 5.65 Å².